The molecular formula is C21H27N5O2. The monoisotopic (exact) mass is 381 g/mol. The van der Waals surface area contributed by atoms with Crippen molar-refractivity contribution >= 4 is 11.4 Å². The maximum Gasteiger partial charge on any atom is 0.256 e. The maximum atomic E-state index is 13.3. The first kappa shape index (κ1) is 18.7. The third-order valence-electron chi connectivity index (χ3n) is 5.52. The number of carbonyl (C=O) groups is 1. The highest BCUT2D eigenvalue weighted by atomic mass is 16.5. The molecular weight excluding hydrogens is 354 g/mol. The van der Waals surface area contributed by atoms with Crippen molar-refractivity contribution in [1.82, 2.24) is 24.0 Å². The van der Waals surface area contributed by atoms with Crippen LogP contribution in [0.3, 0.4) is 0 Å². The second-order valence-corrected chi connectivity index (χ2v) is 7.51. The van der Waals surface area contributed by atoms with Crippen molar-refractivity contribution in [2.75, 3.05) is 40.9 Å². The Morgan fingerprint density at radius 3 is 2.89 bits per heavy atom. The number of rotatable bonds is 6. The van der Waals surface area contributed by atoms with Crippen LogP contribution in [0.4, 0.5) is 0 Å². The molecule has 1 unspecified atom stereocenters. The molecule has 148 valence electrons. The molecule has 0 aromatic carbocycles. The number of nitrogens with zero attached hydrogens (tertiary/aromatic N) is 5. The van der Waals surface area contributed by atoms with Crippen LogP contribution in [0.2, 0.25) is 0 Å². The molecule has 0 spiro atoms. The molecule has 1 aliphatic rings. The van der Waals surface area contributed by atoms with Crippen LogP contribution in [0.15, 0.2) is 42.7 Å². The highest BCUT2D eigenvalue weighted by molar-refractivity contribution is 6.03. The van der Waals surface area contributed by atoms with Gasteiger partial charge < -0.3 is 18.9 Å². The van der Waals surface area contributed by atoms with Gasteiger partial charge in [-0.25, -0.2) is 0 Å². The zero-order chi connectivity index (χ0) is 19.7. The van der Waals surface area contributed by atoms with E-state index in [1.165, 1.54) is 0 Å². The number of aromatic nitrogens is 3. The fourth-order valence-corrected chi connectivity index (χ4v) is 3.85. The van der Waals surface area contributed by atoms with Crippen molar-refractivity contribution in [3.63, 3.8) is 0 Å². The molecule has 4 heterocycles. The Bertz CT molecular complexity index is 974. The number of hydrogen-bond acceptors (Lipinski definition) is 4. The van der Waals surface area contributed by atoms with Gasteiger partial charge >= 0.3 is 0 Å². The predicted octanol–water partition coefficient (Wildman–Crippen LogP) is 2.23. The Balaban J connectivity index is 1.67. The number of fused-ring (bicyclic) bond motifs is 1. The first-order valence-corrected chi connectivity index (χ1v) is 9.67. The molecule has 0 N–H and O–H groups in total. The van der Waals surface area contributed by atoms with Crippen LogP contribution < -0.4 is 0 Å². The number of likely N-dealkylation sites (N-methyl/N-ethyl adjacent to an activating group) is 1. The number of ether oxygens (including phenoxy) is 1. The van der Waals surface area contributed by atoms with Gasteiger partial charge in [0.1, 0.15) is 5.69 Å². The van der Waals surface area contributed by atoms with Crippen LogP contribution in [0.25, 0.3) is 16.9 Å². The lowest BCUT2D eigenvalue weighted by molar-refractivity contribution is 0.0785. The first-order chi connectivity index (χ1) is 13.6. The van der Waals surface area contributed by atoms with Gasteiger partial charge in [-0.1, -0.05) is 6.07 Å². The third-order valence-corrected chi connectivity index (χ3v) is 5.52. The molecule has 4 rings (SSSR count). The Labute approximate surface area is 165 Å². The van der Waals surface area contributed by atoms with Gasteiger partial charge in [0.2, 0.25) is 0 Å². The van der Waals surface area contributed by atoms with Crippen LogP contribution in [0.1, 0.15) is 16.8 Å². The van der Waals surface area contributed by atoms with Crippen LogP contribution >= 0.6 is 0 Å². The number of amides is 1. The lowest BCUT2D eigenvalue weighted by Gasteiger charge is -2.20. The number of hydrogen-bond donors (Lipinski definition) is 0. The molecule has 0 radical (unpaired) electrons. The molecule has 0 aliphatic carbocycles. The fraction of sp³-hybridized carbons (Fsp3) is 0.429. The molecule has 28 heavy (non-hydrogen) atoms. The van der Waals surface area contributed by atoms with Crippen molar-refractivity contribution in [2.45, 2.75) is 19.0 Å². The highest BCUT2D eigenvalue weighted by Gasteiger charge is 2.30. The van der Waals surface area contributed by atoms with E-state index in [1.54, 1.807) is 7.11 Å². The van der Waals surface area contributed by atoms with Gasteiger partial charge in [-0.3, -0.25) is 9.48 Å². The van der Waals surface area contributed by atoms with Crippen LogP contribution in [0.5, 0.6) is 0 Å². The standard InChI is InChI=1S/C21H27N5O2/c1-23(2)16-7-10-24(15-16)21(27)17-14-20(26-9-5-4-6-19(17)26)18-8-11-25(22-18)12-13-28-3/h4-6,8-9,11,14,16H,7,10,12-13,15H2,1-3H3. The summed E-state index contributed by atoms with van der Waals surface area (Å²) in [7, 11) is 5.83. The molecule has 0 saturated carbocycles. The quantitative estimate of drug-likeness (QED) is 0.657. The van der Waals surface area contributed by atoms with Gasteiger partial charge in [0, 0.05) is 38.6 Å². The van der Waals surface area contributed by atoms with E-state index in [1.807, 2.05) is 52.3 Å². The normalized spacial score (nSPS) is 17.1. The van der Waals surface area contributed by atoms with E-state index in [0.717, 1.165) is 42.0 Å². The van der Waals surface area contributed by atoms with Crippen LogP contribution in [-0.2, 0) is 11.3 Å². The lowest BCUT2D eigenvalue weighted by Crippen LogP contribution is -2.34. The molecule has 1 amide bonds. The van der Waals surface area contributed by atoms with E-state index < -0.39 is 0 Å². The molecule has 0 bridgehead atoms. The lowest BCUT2D eigenvalue weighted by atomic mass is 10.2. The topological polar surface area (TPSA) is 55.0 Å². The Hall–Kier alpha value is -2.64. The number of likely N-dealkylation sites (tertiary alicyclic amines) is 1. The van der Waals surface area contributed by atoms with E-state index in [-0.39, 0.29) is 5.91 Å². The Morgan fingerprint density at radius 1 is 1.29 bits per heavy atom. The van der Waals surface area contributed by atoms with Crippen LogP contribution in [-0.4, -0.2) is 76.8 Å². The zero-order valence-corrected chi connectivity index (χ0v) is 16.7. The second kappa shape index (κ2) is 7.77. The molecule has 1 atom stereocenters. The van der Waals surface area contributed by atoms with Gasteiger partial charge in [0.25, 0.3) is 5.91 Å². The van der Waals surface area contributed by atoms with Gasteiger partial charge in [-0.15, -0.1) is 0 Å². The summed E-state index contributed by atoms with van der Waals surface area (Å²) < 4.78 is 9.05. The number of methoxy groups -OCH3 is 1. The van der Waals surface area contributed by atoms with Gasteiger partial charge in [0.15, 0.2) is 0 Å². The average molecular weight is 381 g/mol. The first-order valence-electron chi connectivity index (χ1n) is 9.67. The van der Waals surface area contributed by atoms with Crippen LogP contribution in [0, 0.1) is 0 Å². The minimum atomic E-state index is 0.0955. The van der Waals surface area contributed by atoms with Crippen molar-refractivity contribution in [2.24, 2.45) is 0 Å². The molecule has 1 aliphatic heterocycles. The summed E-state index contributed by atoms with van der Waals surface area (Å²) in [5.41, 5.74) is 3.44. The van der Waals surface area contributed by atoms with E-state index in [4.69, 9.17) is 4.74 Å². The van der Waals surface area contributed by atoms with Gasteiger partial charge in [0.05, 0.1) is 29.9 Å². The minimum absolute atomic E-state index is 0.0955. The summed E-state index contributed by atoms with van der Waals surface area (Å²) in [4.78, 5) is 17.4. The summed E-state index contributed by atoms with van der Waals surface area (Å²) in [6, 6.07) is 10.3. The van der Waals surface area contributed by atoms with Crippen molar-refractivity contribution in [3.05, 3.63) is 48.3 Å². The summed E-state index contributed by atoms with van der Waals surface area (Å²) in [6.07, 6.45) is 4.95. The molecule has 3 aromatic rings. The average Bonchev–Trinajstić information content (AvgIpc) is 3.43. The largest absolute Gasteiger partial charge is 0.383 e. The summed E-state index contributed by atoms with van der Waals surface area (Å²) in [5, 5.41) is 4.66. The van der Waals surface area contributed by atoms with Crippen molar-refractivity contribution < 1.29 is 9.53 Å². The smallest absolute Gasteiger partial charge is 0.256 e. The van der Waals surface area contributed by atoms with Crippen molar-refractivity contribution in [1.29, 1.82) is 0 Å². The third kappa shape index (κ3) is 3.43. The van der Waals surface area contributed by atoms with E-state index in [0.29, 0.717) is 19.2 Å². The van der Waals surface area contributed by atoms with E-state index in [2.05, 4.69) is 28.5 Å². The number of pyridine rings is 1. The summed E-state index contributed by atoms with van der Waals surface area (Å²) in [6.45, 7) is 2.89. The summed E-state index contributed by atoms with van der Waals surface area (Å²) >= 11 is 0. The fourth-order valence-electron chi connectivity index (χ4n) is 3.85. The molecule has 3 aromatic heterocycles. The molecule has 7 nitrogen and oxygen atoms in total. The zero-order valence-electron chi connectivity index (χ0n) is 16.7. The van der Waals surface area contributed by atoms with Gasteiger partial charge in [-0.05, 0) is 44.8 Å². The highest BCUT2D eigenvalue weighted by Crippen LogP contribution is 2.27. The molecule has 1 fully saturated rings. The Morgan fingerprint density at radius 2 is 2.14 bits per heavy atom. The predicted molar refractivity (Wildman–Crippen MR) is 108 cm³/mol. The maximum absolute atomic E-state index is 13.3. The number of carbonyl (C=O) groups excluding carboxylic acids is 1. The Kier molecular flexibility index (Phi) is 5.19. The second-order valence-electron chi connectivity index (χ2n) is 7.51. The molecule has 7 heteroatoms. The van der Waals surface area contributed by atoms with E-state index in [9.17, 15) is 4.79 Å². The van der Waals surface area contributed by atoms with Gasteiger partial charge in [-0.2, -0.15) is 5.10 Å². The molecule has 1 saturated heterocycles. The minimum Gasteiger partial charge on any atom is -0.383 e. The van der Waals surface area contributed by atoms with Crippen molar-refractivity contribution in [3.8, 4) is 11.4 Å². The SMILES string of the molecule is COCCn1ccc(-c2cc(C(=O)N3CCC(N(C)C)C3)c3ccccn23)n1. The van der Waals surface area contributed by atoms with E-state index >= 15 is 0 Å². The summed E-state index contributed by atoms with van der Waals surface area (Å²) in [5.74, 6) is 0.0955.